The Bertz CT molecular complexity index is 1300. The van der Waals surface area contributed by atoms with Crippen LogP contribution >= 0.6 is 7.82 Å². The molecule has 11 nitrogen and oxygen atoms in total. The van der Waals surface area contributed by atoms with Crippen molar-refractivity contribution >= 4 is 25.7 Å². The number of carbonyl (C=O) groups is 3. The van der Waals surface area contributed by atoms with Crippen LogP contribution in [0.4, 0.5) is 0 Å². The van der Waals surface area contributed by atoms with E-state index in [1.807, 2.05) is 12.2 Å². The van der Waals surface area contributed by atoms with Gasteiger partial charge in [0.15, 0.2) is 6.10 Å². The Morgan fingerprint density at radius 1 is 0.534 bits per heavy atom. The smallest absolute Gasteiger partial charge is 0.472 e. The molecule has 0 spiro atoms. The quantitative estimate of drug-likeness (QED) is 0.0233. The molecule has 0 heterocycles. The van der Waals surface area contributed by atoms with Gasteiger partial charge in [0, 0.05) is 12.8 Å². The first-order chi connectivity index (χ1) is 28.1. The van der Waals surface area contributed by atoms with E-state index in [0.717, 1.165) is 57.8 Å². The molecule has 0 aliphatic heterocycles. The predicted octanol–water partition coefficient (Wildman–Crippen LogP) is 11.5. The van der Waals surface area contributed by atoms with Gasteiger partial charge in [-0.25, -0.2) is 4.57 Å². The molecule has 0 fully saturated rings. The van der Waals surface area contributed by atoms with Crippen LogP contribution in [0.5, 0.6) is 0 Å². The zero-order valence-electron chi connectivity index (χ0n) is 35.6. The van der Waals surface area contributed by atoms with Crippen LogP contribution in [-0.4, -0.2) is 59.9 Å². The first-order valence-electron chi connectivity index (χ1n) is 21.6. The molecule has 0 aromatic carbocycles. The summed E-state index contributed by atoms with van der Waals surface area (Å²) >= 11 is 0. The Labute approximate surface area is 350 Å². The normalized spacial score (nSPS) is 14.6. The standard InChI is InChI=1S/C46H76NO10P/c1-3-5-7-9-11-13-15-17-19-20-21-22-24-25-27-29-31-33-35-37-44(48)54-39-42(40-55-58(52,53)56-41-43(47)46(50)51)57-45(49)38-36-34-32-30-28-26-23-18-16-14-12-10-8-6-4-2/h11,13,17-19,21-23,25,27-28,30-31,33,42-43H,3-10,12,14-16,20,24,26,29,32,34-41,47H2,1-2H3,(H,50,51)(H,52,53)/b13-11+,19-17+,22-21+,23-18+,27-25+,30-28+,33-31+/t42-,43+/m1/s1. The van der Waals surface area contributed by atoms with Crippen molar-refractivity contribution in [3.63, 3.8) is 0 Å². The molecule has 0 aromatic heterocycles. The van der Waals surface area contributed by atoms with Crippen molar-refractivity contribution in [3.05, 3.63) is 85.1 Å². The van der Waals surface area contributed by atoms with E-state index in [2.05, 4.69) is 91.3 Å². The van der Waals surface area contributed by atoms with Gasteiger partial charge >= 0.3 is 25.7 Å². The highest BCUT2D eigenvalue weighted by molar-refractivity contribution is 7.47. The number of hydrogen-bond acceptors (Lipinski definition) is 9. The fourth-order valence-corrected chi connectivity index (χ4v) is 5.97. The fraction of sp³-hybridized carbons (Fsp3) is 0.630. The lowest BCUT2D eigenvalue weighted by Gasteiger charge is -2.20. The highest BCUT2D eigenvalue weighted by Crippen LogP contribution is 2.43. The Morgan fingerprint density at radius 2 is 0.948 bits per heavy atom. The number of aliphatic carboxylic acids is 1. The summed E-state index contributed by atoms with van der Waals surface area (Å²) < 4.78 is 32.5. The number of allylic oxidation sites excluding steroid dienone is 14. The summed E-state index contributed by atoms with van der Waals surface area (Å²) in [6, 6.07) is -1.54. The second-order valence-electron chi connectivity index (χ2n) is 14.1. The van der Waals surface area contributed by atoms with Crippen LogP contribution in [0, 0.1) is 0 Å². The van der Waals surface area contributed by atoms with E-state index in [1.165, 1.54) is 57.8 Å². The van der Waals surface area contributed by atoms with Crippen LogP contribution in [0.25, 0.3) is 0 Å². The van der Waals surface area contributed by atoms with Gasteiger partial charge in [0.25, 0.3) is 0 Å². The summed E-state index contributed by atoms with van der Waals surface area (Å²) in [6.07, 6.45) is 49.5. The molecule has 1 unspecified atom stereocenters. The van der Waals surface area contributed by atoms with Gasteiger partial charge in [0.1, 0.15) is 12.6 Å². The Hall–Kier alpha value is -3.34. The van der Waals surface area contributed by atoms with E-state index in [9.17, 15) is 23.8 Å². The molecule has 0 saturated heterocycles. The first-order valence-corrected chi connectivity index (χ1v) is 23.1. The molecule has 0 bridgehead atoms. The third-order valence-corrected chi connectivity index (χ3v) is 9.58. The van der Waals surface area contributed by atoms with E-state index >= 15 is 0 Å². The maximum Gasteiger partial charge on any atom is 0.472 e. The van der Waals surface area contributed by atoms with Gasteiger partial charge in [0.05, 0.1) is 13.2 Å². The Kier molecular flexibility index (Phi) is 38.1. The largest absolute Gasteiger partial charge is 0.480 e. The minimum atomic E-state index is -4.74. The number of hydrogen-bond donors (Lipinski definition) is 3. The third-order valence-electron chi connectivity index (χ3n) is 8.63. The summed E-state index contributed by atoms with van der Waals surface area (Å²) in [5.41, 5.74) is 5.32. The average Bonchev–Trinajstić information content (AvgIpc) is 3.20. The summed E-state index contributed by atoms with van der Waals surface area (Å²) in [5, 5.41) is 8.88. The topological polar surface area (TPSA) is 172 Å². The fourth-order valence-electron chi connectivity index (χ4n) is 5.19. The molecule has 330 valence electrons. The minimum absolute atomic E-state index is 0.0871. The number of ether oxygens (including phenoxy) is 2. The number of unbranched alkanes of at least 4 members (excludes halogenated alkanes) is 11. The van der Waals surface area contributed by atoms with Crippen molar-refractivity contribution < 1.29 is 47.5 Å². The van der Waals surface area contributed by atoms with Crippen molar-refractivity contribution in [1.82, 2.24) is 0 Å². The maximum atomic E-state index is 12.6. The maximum absolute atomic E-state index is 12.6. The van der Waals surface area contributed by atoms with Crippen molar-refractivity contribution in [2.45, 2.75) is 167 Å². The van der Waals surface area contributed by atoms with Crippen LogP contribution in [-0.2, 0) is 37.5 Å². The number of phosphoric ester groups is 1. The van der Waals surface area contributed by atoms with Gasteiger partial charge in [-0.3, -0.25) is 23.4 Å². The monoisotopic (exact) mass is 834 g/mol. The van der Waals surface area contributed by atoms with E-state index in [1.54, 1.807) is 0 Å². The van der Waals surface area contributed by atoms with E-state index in [4.69, 9.17) is 24.8 Å². The third kappa shape index (κ3) is 39.5. The zero-order chi connectivity index (χ0) is 42.8. The van der Waals surface area contributed by atoms with Crippen molar-refractivity contribution in [2.75, 3.05) is 19.8 Å². The summed E-state index contributed by atoms with van der Waals surface area (Å²) in [6.45, 7) is 2.64. The molecule has 4 N–H and O–H groups in total. The van der Waals surface area contributed by atoms with Crippen molar-refractivity contribution in [2.24, 2.45) is 5.73 Å². The molecule has 3 atom stereocenters. The van der Waals surface area contributed by atoms with Gasteiger partial charge in [-0.2, -0.15) is 0 Å². The lowest BCUT2D eigenvalue weighted by molar-refractivity contribution is -0.161. The van der Waals surface area contributed by atoms with E-state index in [-0.39, 0.29) is 12.8 Å². The number of esters is 2. The molecule has 58 heavy (non-hydrogen) atoms. The zero-order valence-corrected chi connectivity index (χ0v) is 36.5. The van der Waals surface area contributed by atoms with Gasteiger partial charge < -0.3 is 25.2 Å². The van der Waals surface area contributed by atoms with Crippen LogP contribution in [0.1, 0.15) is 155 Å². The van der Waals surface area contributed by atoms with Gasteiger partial charge in [0.2, 0.25) is 0 Å². The molecular weight excluding hydrogens is 757 g/mol. The van der Waals surface area contributed by atoms with Crippen LogP contribution in [0.2, 0.25) is 0 Å². The predicted molar refractivity (Wildman–Crippen MR) is 235 cm³/mol. The summed E-state index contributed by atoms with van der Waals surface area (Å²) in [5.74, 6) is -2.54. The molecule has 0 rings (SSSR count). The minimum Gasteiger partial charge on any atom is -0.480 e. The second kappa shape index (κ2) is 40.4. The first kappa shape index (κ1) is 54.7. The lowest BCUT2D eigenvalue weighted by atomic mass is 10.1. The Balaban J connectivity index is 4.56. The van der Waals surface area contributed by atoms with Gasteiger partial charge in [-0.1, -0.05) is 144 Å². The number of carboxylic acids is 1. The van der Waals surface area contributed by atoms with Crippen LogP contribution in [0.3, 0.4) is 0 Å². The molecule has 0 aliphatic carbocycles. The molecular formula is C46H76NO10P. The lowest BCUT2D eigenvalue weighted by Crippen LogP contribution is -2.34. The molecule has 0 aliphatic rings. The molecule has 0 amide bonds. The van der Waals surface area contributed by atoms with E-state index < -0.39 is 57.7 Å². The van der Waals surface area contributed by atoms with Crippen LogP contribution < -0.4 is 5.73 Å². The second-order valence-corrected chi connectivity index (χ2v) is 15.6. The van der Waals surface area contributed by atoms with Gasteiger partial charge in [-0.05, 0) is 83.5 Å². The highest BCUT2D eigenvalue weighted by atomic mass is 31.2. The molecule has 0 radical (unpaired) electrons. The van der Waals surface area contributed by atoms with Crippen molar-refractivity contribution in [3.8, 4) is 0 Å². The number of carbonyl (C=O) groups excluding carboxylic acids is 2. The average molecular weight is 834 g/mol. The summed E-state index contributed by atoms with van der Waals surface area (Å²) in [7, 11) is -4.74. The van der Waals surface area contributed by atoms with E-state index in [0.29, 0.717) is 12.8 Å². The van der Waals surface area contributed by atoms with Crippen LogP contribution in [0.15, 0.2) is 85.1 Å². The highest BCUT2D eigenvalue weighted by Gasteiger charge is 2.28. The summed E-state index contributed by atoms with van der Waals surface area (Å²) in [4.78, 5) is 45.9. The Morgan fingerprint density at radius 3 is 1.47 bits per heavy atom. The SMILES string of the molecule is CCCCC/C=C/C/C=C/C/C=C/C/C=C/C/C=C/CCC(=O)OC[C@H](COP(=O)(O)OC[C@H](N)C(=O)O)OC(=O)CCCC/C=C/C/C=C/CCCCCCCC. The van der Waals surface area contributed by atoms with Crippen molar-refractivity contribution in [1.29, 1.82) is 0 Å². The van der Waals surface area contributed by atoms with Gasteiger partial charge in [-0.15, -0.1) is 0 Å². The number of phosphoric acid groups is 1. The molecule has 12 heteroatoms. The number of rotatable bonds is 39. The molecule has 0 saturated carbocycles. The number of nitrogens with two attached hydrogens (primary N) is 1. The number of carboxylic acid groups (broad SMARTS) is 1. The molecule has 0 aromatic rings.